The Labute approximate surface area is 47.8 Å². The maximum atomic E-state index is 10.3. The summed E-state index contributed by atoms with van der Waals surface area (Å²) in [5.74, 6) is -0.414. The van der Waals surface area contributed by atoms with Crippen LogP contribution >= 0.6 is 0 Å². The number of primary amides is 1. The molecule has 0 aromatic rings. The minimum Gasteiger partial charge on any atom is -0.364 e. The first kappa shape index (κ1) is 5.15. The molecule has 1 aliphatic heterocycles. The van der Waals surface area contributed by atoms with Crippen LogP contribution in [0.3, 0.4) is 0 Å². The molecule has 0 aromatic carbocycles. The number of carbonyl (C=O) groups is 1. The Bertz CT molecular complexity index is 137. The average Bonchev–Trinajstić information content (AvgIpc) is 2.43. The maximum Gasteiger partial charge on any atom is 0.264 e. The van der Waals surface area contributed by atoms with Gasteiger partial charge in [-0.3, -0.25) is 4.79 Å². The number of carbonyl (C=O) groups excluding carboxylic acids is 1. The predicted octanol–water partition coefficient (Wildman–Crippen LogP) is -0.699. The monoisotopic (exact) mass is 112 g/mol. The lowest BCUT2D eigenvalue weighted by Gasteiger charge is -1.97. The van der Waals surface area contributed by atoms with Crippen molar-refractivity contribution in [1.82, 2.24) is 4.90 Å². The van der Waals surface area contributed by atoms with Crippen LogP contribution in [0.15, 0.2) is 12.3 Å². The third kappa shape index (κ3) is 0.804. The molecule has 0 radical (unpaired) electrons. The second-order valence-corrected chi connectivity index (χ2v) is 1.80. The highest BCUT2D eigenvalue weighted by molar-refractivity contribution is 5.90. The number of nitrogens with zero attached hydrogens (tertiary/aromatic N) is 1. The molecule has 3 nitrogen and oxygen atoms in total. The van der Waals surface area contributed by atoms with Crippen molar-refractivity contribution in [1.29, 1.82) is 0 Å². The van der Waals surface area contributed by atoms with Crippen LogP contribution in [-0.2, 0) is 4.79 Å². The lowest BCUT2D eigenvalue weighted by atomic mass is 10.5. The van der Waals surface area contributed by atoms with E-state index >= 15 is 0 Å². The molecule has 8 heavy (non-hydrogen) atoms. The van der Waals surface area contributed by atoms with Crippen molar-refractivity contribution in [3.8, 4) is 0 Å². The first-order valence-corrected chi connectivity index (χ1v) is 2.45. The van der Waals surface area contributed by atoms with Crippen LogP contribution in [0.25, 0.3) is 0 Å². The Morgan fingerprint density at radius 3 is 2.25 bits per heavy atom. The highest BCUT2D eigenvalue weighted by Crippen LogP contribution is 2.10. The van der Waals surface area contributed by atoms with Gasteiger partial charge in [-0.15, -0.1) is 0 Å². The topological polar surface area (TPSA) is 46.1 Å². The van der Waals surface area contributed by atoms with Crippen molar-refractivity contribution < 1.29 is 4.79 Å². The largest absolute Gasteiger partial charge is 0.364 e. The van der Waals surface area contributed by atoms with E-state index in [1.807, 2.05) is 4.90 Å². The van der Waals surface area contributed by atoms with Gasteiger partial charge >= 0.3 is 0 Å². The number of hydrogen-bond donors (Lipinski definition) is 1. The summed E-state index contributed by atoms with van der Waals surface area (Å²) in [6.45, 7) is 5.33. The molecule has 1 rings (SSSR count). The molecule has 1 aliphatic rings. The van der Waals surface area contributed by atoms with Gasteiger partial charge in [0, 0.05) is 13.1 Å². The van der Waals surface area contributed by atoms with E-state index < -0.39 is 5.91 Å². The van der Waals surface area contributed by atoms with Gasteiger partial charge in [0.25, 0.3) is 5.91 Å². The van der Waals surface area contributed by atoms with Crippen LogP contribution in [0.4, 0.5) is 0 Å². The van der Waals surface area contributed by atoms with Crippen LogP contribution in [0.2, 0.25) is 0 Å². The van der Waals surface area contributed by atoms with Crippen LogP contribution in [0.5, 0.6) is 0 Å². The Morgan fingerprint density at radius 1 is 1.62 bits per heavy atom. The summed E-state index contributed by atoms with van der Waals surface area (Å²) in [6.07, 6.45) is 0. The summed E-state index contributed by atoms with van der Waals surface area (Å²) >= 11 is 0. The average molecular weight is 112 g/mol. The molecule has 0 bridgehead atoms. The maximum absolute atomic E-state index is 10.3. The fourth-order valence-corrected chi connectivity index (χ4v) is 0.476. The van der Waals surface area contributed by atoms with Crippen molar-refractivity contribution in [2.75, 3.05) is 13.1 Å². The smallest absolute Gasteiger partial charge is 0.264 e. The van der Waals surface area contributed by atoms with E-state index in [4.69, 9.17) is 5.73 Å². The van der Waals surface area contributed by atoms with Gasteiger partial charge < -0.3 is 10.6 Å². The Hall–Kier alpha value is -0.990. The van der Waals surface area contributed by atoms with Crippen LogP contribution < -0.4 is 5.73 Å². The van der Waals surface area contributed by atoms with Crippen molar-refractivity contribution in [2.45, 2.75) is 0 Å². The van der Waals surface area contributed by atoms with E-state index in [1.165, 1.54) is 0 Å². The van der Waals surface area contributed by atoms with Gasteiger partial charge in [-0.05, 0) is 0 Å². The summed E-state index contributed by atoms with van der Waals surface area (Å²) < 4.78 is 0. The number of hydrogen-bond acceptors (Lipinski definition) is 2. The summed E-state index contributed by atoms with van der Waals surface area (Å²) in [6, 6.07) is 0. The molecular weight excluding hydrogens is 104 g/mol. The van der Waals surface area contributed by atoms with E-state index in [2.05, 4.69) is 6.58 Å². The summed E-state index contributed by atoms with van der Waals surface area (Å²) in [5, 5.41) is 0. The zero-order valence-electron chi connectivity index (χ0n) is 4.55. The highest BCUT2D eigenvalue weighted by atomic mass is 16.1. The second-order valence-electron chi connectivity index (χ2n) is 1.80. The molecule has 2 N–H and O–H groups in total. The van der Waals surface area contributed by atoms with E-state index in [1.54, 1.807) is 0 Å². The molecule has 3 heteroatoms. The first-order valence-electron chi connectivity index (χ1n) is 2.45. The summed E-state index contributed by atoms with van der Waals surface area (Å²) in [5.41, 5.74) is 5.33. The van der Waals surface area contributed by atoms with Gasteiger partial charge in [-0.25, -0.2) is 0 Å². The van der Waals surface area contributed by atoms with E-state index in [0.29, 0.717) is 5.70 Å². The van der Waals surface area contributed by atoms with Gasteiger partial charge in [-0.2, -0.15) is 0 Å². The third-order valence-corrected chi connectivity index (χ3v) is 1.11. The van der Waals surface area contributed by atoms with Crippen molar-refractivity contribution >= 4 is 5.91 Å². The minimum absolute atomic E-state index is 0.414. The highest BCUT2D eigenvalue weighted by Gasteiger charge is 2.21. The first-order chi connectivity index (χ1) is 3.72. The Balaban J connectivity index is 2.45. The molecule has 1 amide bonds. The summed E-state index contributed by atoms with van der Waals surface area (Å²) in [4.78, 5) is 12.1. The molecule has 0 atom stereocenters. The number of nitrogens with two attached hydrogens (primary N) is 1. The molecule has 0 spiro atoms. The Morgan fingerprint density at radius 2 is 2.12 bits per heavy atom. The second kappa shape index (κ2) is 1.51. The molecule has 44 valence electrons. The van der Waals surface area contributed by atoms with Crippen LogP contribution in [0, 0.1) is 0 Å². The zero-order valence-corrected chi connectivity index (χ0v) is 4.55. The quantitative estimate of drug-likeness (QED) is 0.379. The molecule has 1 saturated heterocycles. The number of rotatable bonds is 2. The van der Waals surface area contributed by atoms with Crippen LogP contribution in [0.1, 0.15) is 0 Å². The predicted molar refractivity (Wildman–Crippen MR) is 29.9 cm³/mol. The minimum atomic E-state index is -0.414. The van der Waals surface area contributed by atoms with E-state index in [-0.39, 0.29) is 0 Å². The molecule has 0 aromatic heterocycles. The molecule has 1 fully saturated rings. The fraction of sp³-hybridized carbons (Fsp3) is 0.400. The normalized spacial score (nSPS) is 15.8. The van der Waals surface area contributed by atoms with Gasteiger partial charge in [0.05, 0.1) is 5.70 Å². The lowest BCUT2D eigenvalue weighted by molar-refractivity contribution is -0.115. The molecule has 1 heterocycles. The van der Waals surface area contributed by atoms with Gasteiger partial charge in [0.15, 0.2) is 0 Å². The van der Waals surface area contributed by atoms with Crippen molar-refractivity contribution in [2.24, 2.45) is 5.73 Å². The Kier molecular flexibility index (Phi) is 0.970. The number of amides is 1. The molecular formula is C5H8N2O. The van der Waals surface area contributed by atoms with E-state index in [0.717, 1.165) is 13.1 Å². The lowest BCUT2D eigenvalue weighted by Crippen LogP contribution is -2.17. The van der Waals surface area contributed by atoms with Gasteiger partial charge in [0.2, 0.25) is 0 Å². The molecule has 0 unspecified atom stereocenters. The fourth-order valence-electron chi connectivity index (χ4n) is 0.476. The SMILES string of the molecule is C=C(C(N)=O)N1CC1. The zero-order chi connectivity index (χ0) is 6.15. The third-order valence-electron chi connectivity index (χ3n) is 1.11. The van der Waals surface area contributed by atoms with E-state index in [9.17, 15) is 4.79 Å². The van der Waals surface area contributed by atoms with Crippen molar-refractivity contribution in [3.05, 3.63) is 12.3 Å². The van der Waals surface area contributed by atoms with Gasteiger partial charge in [-0.1, -0.05) is 6.58 Å². The van der Waals surface area contributed by atoms with Crippen LogP contribution in [-0.4, -0.2) is 23.9 Å². The molecule has 0 aliphatic carbocycles. The molecule has 0 saturated carbocycles. The standard InChI is InChI=1S/C5H8N2O/c1-4(5(6)8)7-2-3-7/h1-3H2,(H2,6,8). The summed E-state index contributed by atoms with van der Waals surface area (Å²) in [7, 11) is 0. The van der Waals surface area contributed by atoms with Gasteiger partial charge in [0.1, 0.15) is 0 Å². The van der Waals surface area contributed by atoms with Crippen molar-refractivity contribution in [3.63, 3.8) is 0 Å².